The standard InChI is InChI=1S/C15H17NOS/c1-11-7-12(2)9-13(8-11)16(3)10-14(17)15-5-4-6-18-15/h4-9H,10H2,1-3H3. The van der Waals surface area contributed by atoms with Gasteiger partial charge in [0.1, 0.15) is 0 Å². The van der Waals surface area contributed by atoms with E-state index >= 15 is 0 Å². The molecule has 3 heteroatoms. The zero-order chi connectivity index (χ0) is 13.1. The van der Waals surface area contributed by atoms with Crippen molar-refractivity contribution in [2.24, 2.45) is 0 Å². The number of hydrogen-bond acceptors (Lipinski definition) is 3. The molecule has 0 spiro atoms. The van der Waals surface area contributed by atoms with Crippen molar-refractivity contribution in [2.45, 2.75) is 13.8 Å². The predicted octanol–water partition coefficient (Wildman–Crippen LogP) is 3.68. The second-order valence-corrected chi connectivity index (χ2v) is 5.55. The van der Waals surface area contributed by atoms with Gasteiger partial charge in [-0.05, 0) is 48.6 Å². The first-order chi connectivity index (χ1) is 8.56. The Balaban J connectivity index is 2.12. The molecule has 0 fully saturated rings. The van der Waals surface area contributed by atoms with Crippen LogP contribution in [0, 0.1) is 13.8 Å². The van der Waals surface area contributed by atoms with Gasteiger partial charge in [0.05, 0.1) is 11.4 Å². The van der Waals surface area contributed by atoms with E-state index in [1.54, 1.807) is 0 Å². The molecule has 0 aliphatic heterocycles. The Morgan fingerprint density at radius 1 is 1.22 bits per heavy atom. The highest BCUT2D eigenvalue weighted by Crippen LogP contribution is 2.18. The van der Waals surface area contributed by atoms with Crippen molar-refractivity contribution < 1.29 is 4.79 Å². The molecule has 0 saturated heterocycles. The molecule has 0 radical (unpaired) electrons. The van der Waals surface area contributed by atoms with E-state index in [0.29, 0.717) is 6.54 Å². The van der Waals surface area contributed by atoms with Crippen molar-refractivity contribution in [1.29, 1.82) is 0 Å². The number of hydrogen-bond donors (Lipinski definition) is 0. The van der Waals surface area contributed by atoms with Gasteiger partial charge in [-0.15, -0.1) is 11.3 Å². The number of ketones is 1. The fraction of sp³-hybridized carbons (Fsp3) is 0.267. The molecule has 0 saturated carbocycles. The fourth-order valence-electron chi connectivity index (χ4n) is 1.99. The number of carbonyl (C=O) groups excluding carboxylic acids is 1. The summed E-state index contributed by atoms with van der Waals surface area (Å²) in [5.74, 6) is 0.173. The molecule has 2 rings (SSSR count). The van der Waals surface area contributed by atoms with Gasteiger partial charge in [-0.3, -0.25) is 4.79 Å². The number of likely N-dealkylation sites (N-methyl/N-ethyl adjacent to an activating group) is 1. The van der Waals surface area contributed by atoms with Crippen LogP contribution in [0.1, 0.15) is 20.8 Å². The Labute approximate surface area is 112 Å². The van der Waals surface area contributed by atoms with Crippen LogP contribution in [0.2, 0.25) is 0 Å². The number of anilines is 1. The van der Waals surface area contributed by atoms with Crippen LogP contribution in [0.15, 0.2) is 35.7 Å². The SMILES string of the molecule is Cc1cc(C)cc(N(C)CC(=O)c2cccs2)c1. The third kappa shape index (κ3) is 2.99. The molecule has 0 bridgehead atoms. The first-order valence-corrected chi connectivity index (χ1v) is 6.80. The second-order valence-electron chi connectivity index (χ2n) is 4.60. The van der Waals surface area contributed by atoms with Crippen LogP contribution >= 0.6 is 11.3 Å². The largest absolute Gasteiger partial charge is 0.367 e. The molecule has 0 aliphatic carbocycles. The molecule has 0 aliphatic rings. The number of aryl methyl sites for hydroxylation is 2. The lowest BCUT2D eigenvalue weighted by Gasteiger charge is -2.19. The molecule has 0 unspecified atom stereocenters. The summed E-state index contributed by atoms with van der Waals surface area (Å²) in [7, 11) is 1.96. The Kier molecular flexibility index (Phi) is 3.82. The number of benzene rings is 1. The average molecular weight is 259 g/mol. The maximum atomic E-state index is 12.0. The molecule has 2 aromatic rings. The summed E-state index contributed by atoms with van der Waals surface area (Å²) < 4.78 is 0. The molecule has 0 N–H and O–H groups in total. The van der Waals surface area contributed by atoms with Crippen molar-refractivity contribution >= 4 is 22.8 Å². The summed E-state index contributed by atoms with van der Waals surface area (Å²) in [6.07, 6.45) is 0. The Morgan fingerprint density at radius 2 is 1.89 bits per heavy atom. The van der Waals surface area contributed by atoms with E-state index in [4.69, 9.17) is 0 Å². The van der Waals surface area contributed by atoms with Gasteiger partial charge in [0.15, 0.2) is 5.78 Å². The predicted molar refractivity (Wildman–Crippen MR) is 77.8 cm³/mol. The van der Waals surface area contributed by atoms with Crippen LogP contribution in [0.4, 0.5) is 5.69 Å². The zero-order valence-electron chi connectivity index (χ0n) is 10.9. The van der Waals surface area contributed by atoms with E-state index in [9.17, 15) is 4.79 Å². The van der Waals surface area contributed by atoms with Crippen LogP contribution in [0.3, 0.4) is 0 Å². The molecule has 1 heterocycles. The molecular weight excluding hydrogens is 242 g/mol. The minimum absolute atomic E-state index is 0.173. The van der Waals surface area contributed by atoms with E-state index < -0.39 is 0 Å². The normalized spacial score (nSPS) is 10.4. The van der Waals surface area contributed by atoms with Crippen LogP contribution in [-0.4, -0.2) is 19.4 Å². The number of nitrogens with zero attached hydrogens (tertiary/aromatic N) is 1. The molecule has 0 amide bonds. The first-order valence-electron chi connectivity index (χ1n) is 5.92. The van der Waals surface area contributed by atoms with Crippen molar-refractivity contribution in [3.8, 4) is 0 Å². The highest BCUT2D eigenvalue weighted by molar-refractivity contribution is 7.12. The van der Waals surface area contributed by atoms with E-state index in [2.05, 4.69) is 32.0 Å². The summed E-state index contributed by atoms with van der Waals surface area (Å²) in [4.78, 5) is 14.9. The van der Waals surface area contributed by atoms with Gasteiger partial charge in [0.2, 0.25) is 0 Å². The topological polar surface area (TPSA) is 20.3 Å². The molecule has 94 valence electrons. The van der Waals surface area contributed by atoms with Crippen LogP contribution in [0.25, 0.3) is 0 Å². The monoisotopic (exact) mass is 259 g/mol. The van der Waals surface area contributed by atoms with Gasteiger partial charge < -0.3 is 4.90 Å². The van der Waals surface area contributed by atoms with Gasteiger partial charge in [0.25, 0.3) is 0 Å². The number of Topliss-reactive ketones (excluding diaryl/α,β-unsaturated/α-hetero) is 1. The zero-order valence-corrected chi connectivity index (χ0v) is 11.8. The van der Waals surface area contributed by atoms with E-state index in [0.717, 1.165) is 10.6 Å². The minimum Gasteiger partial charge on any atom is -0.367 e. The van der Waals surface area contributed by atoms with E-state index in [-0.39, 0.29) is 5.78 Å². The van der Waals surface area contributed by atoms with Crippen molar-refractivity contribution in [2.75, 3.05) is 18.5 Å². The third-order valence-electron chi connectivity index (χ3n) is 2.82. The Hall–Kier alpha value is -1.61. The third-order valence-corrected chi connectivity index (χ3v) is 3.73. The lowest BCUT2D eigenvalue weighted by molar-refractivity contribution is 0.100. The molecule has 18 heavy (non-hydrogen) atoms. The van der Waals surface area contributed by atoms with Crippen LogP contribution < -0.4 is 4.90 Å². The van der Waals surface area contributed by atoms with Crippen molar-refractivity contribution in [3.63, 3.8) is 0 Å². The van der Waals surface area contributed by atoms with E-state index in [1.165, 1.54) is 22.5 Å². The second kappa shape index (κ2) is 5.36. The summed E-state index contributed by atoms with van der Waals surface area (Å²) in [5.41, 5.74) is 3.54. The highest BCUT2D eigenvalue weighted by atomic mass is 32.1. The fourth-order valence-corrected chi connectivity index (χ4v) is 2.65. The molecule has 0 atom stereocenters. The van der Waals surface area contributed by atoms with Gasteiger partial charge >= 0.3 is 0 Å². The summed E-state index contributed by atoms with van der Waals surface area (Å²) in [6.45, 7) is 4.57. The molecule has 1 aromatic carbocycles. The van der Waals surface area contributed by atoms with Gasteiger partial charge in [-0.2, -0.15) is 0 Å². The van der Waals surface area contributed by atoms with Gasteiger partial charge in [-0.25, -0.2) is 0 Å². The summed E-state index contributed by atoms with van der Waals surface area (Å²) >= 11 is 1.50. The Morgan fingerprint density at radius 3 is 2.44 bits per heavy atom. The minimum atomic E-state index is 0.173. The van der Waals surface area contributed by atoms with Gasteiger partial charge in [-0.1, -0.05) is 12.1 Å². The van der Waals surface area contributed by atoms with Gasteiger partial charge in [0, 0.05) is 12.7 Å². The summed E-state index contributed by atoms with van der Waals surface area (Å²) in [6, 6.07) is 10.1. The van der Waals surface area contributed by atoms with E-state index in [1.807, 2.05) is 29.5 Å². The maximum Gasteiger partial charge on any atom is 0.191 e. The number of carbonyl (C=O) groups is 1. The van der Waals surface area contributed by atoms with Crippen molar-refractivity contribution in [1.82, 2.24) is 0 Å². The van der Waals surface area contributed by atoms with Crippen LogP contribution in [0.5, 0.6) is 0 Å². The lowest BCUT2D eigenvalue weighted by atomic mass is 10.1. The quantitative estimate of drug-likeness (QED) is 0.781. The average Bonchev–Trinajstić information content (AvgIpc) is 2.80. The Bertz CT molecular complexity index is 525. The highest BCUT2D eigenvalue weighted by Gasteiger charge is 2.11. The number of rotatable bonds is 4. The lowest BCUT2D eigenvalue weighted by Crippen LogP contribution is -2.25. The molecular formula is C15H17NOS. The smallest absolute Gasteiger partial charge is 0.191 e. The van der Waals surface area contributed by atoms with Crippen LogP contribution in [-0.2, 0) is 0 Å². The number of thiophene rings is 1. The maximum absolute atomic E-state index is 12.0. The van der Waals surface area contributed by atoms with Crippen molar-refractivity contribution in [3.05, 3.63) is 51.7 Å². The molecule has 1 aromatic heterocycles. The molecule has 2 nitrogen and oxygen atoms in total. The summed E-state index contributed by atoms with van der Waals surface area (Å²) in [5, 5.41) is 1.93. The first kappa shape index (κ1) is 12.8.